The van der Waals surface area contributed by atoms with E-state index >= 15 is 0 Å². The van der Waals surface area contributed by atoms with Gasteiger partial charge >= 0.3 is 6.18 Å². The average Bonchev–Trinajstić information content (AvgIpc) is 2.64. The van der Waals surface area contributed by atoms with E-state index in [-0.39, 0.29) is 5.56 Å². The van der Waals surface area contributed by atoms with Crippen molar-refractivity contribution >= 4 is 13.3 Å². The predicted octanol–water partition coefficient (Wildman–Crippen LogP) is 5.78. The Morgan fingerprint density at radius 2 is 1.64 bits per heavy atom. The summed E-state index contributed by atoms with van der Waals surface area (Å²) in [6.07, 6.45) is -6.29. The minimum Gasteiger partial charge on any atom is -0.201 e. The zero-order chi connectivity index (χ0) is 28.4. The predicted molar refractivity (Wildman–Crippen MR) is 114 cm³/mol. The number of aryl methyl sites for hydroxylation is 4. The molecule has 0 aliphatic heterocycles. The second kappa shape index (κ2) is 7.32. The summed E-state index contributed by atoms with van der Waals surface area (Å²) < 4.78 is 108. The Morgan fingerprint density at radius 3 is 2.14 bits per heavy atom. The van der Waals surface area contributed by atoms with E-state index in [4.69, 9.17) is 11.0 Å². The van der Waals surface area contributed by atoms with E-state index < -0.39 is 50.9 Å². The molecule has 1 heterocycles. The van der Waals surface area contributed by atoms with Gasteiger partial charge in [0, 0.05) is 27.8 Å². The minimum absolute atomic E-state index is 0.141. The highest BCUT2D eigenvalue weighted by Crippen LogP contribution is 2.41. The summed E-state index contributed by atoms with van der Waals surface area (Å²) in [5.74, 6) is 0. The van der Waals surface area contributed by atoms with E-state index in [2.05, 4.69) is 0 Å². The molecule has 28 heavy (non-hydrogen) atoms. The molecule has 0 fully saturated rings. The third-order valence-electron chi connectivity index (χ3n) is 4.88. The summed E-state index contributed by atoms with van der Waals surface area (Å²) >= 11 is 0. The minimum atomic E-state index is -4.94. The standard InChI is InChI=1S/C23H33F3NSi/c1-15-11-19(16(2)10-18(15)13-22(4,5)23(24,25)26)20-12-17(3)21(14-27(20)6)28(7,8)9/h10-12,14H,13H2,1-9H3/q+1/i1D3,3D3,13D2. The van der Waals surface area contributed by atoms with Crippen LogP contribution in [0.4, 0.5) is 13.2 Å². The first-order valence-corrected chi connectivity index (χ1v) is 12.5. The largest absolute Gasteiger partial charge is 0.394 e. The molecule has 5 heteroatoms. The van der Waals surface area contributed by atoms with Crippen molar-refractivity contribution in [3.05, 3.63) is 46.6 Å². The molecule has 0 radical (unpaired) electrons. The molecule has 0 saturated heterocycles. The van der Waals surface area contributed by atoms with E-state index in [1.807, 2.05) is 19.6 Å². The van der Waals surface area contributed by atoms with Gasteiger partial charge in [-0.2, -0.15) is 13.2 Å². The number of benzene rings is 1. The molecule has 0 unspecified atom stereocenters. The van der Waals surface area contributed by atoms with Crippen molar-refractivity contribution in [2.24, 2.45) is 12.5 Å². The summed E-state index contributed by atoms with van der Waals surface area (Å²) in [7, 11) is -0.406. The van der Waals surface area contributed by atoms with Crippen LogP contribution in [0.15, 0.2) is 24.4 Å². The molecular formula is C23H33F3NSi+. The van der Waals surface area contributed by atoms with Gasteiger partial charge in [-0.25, -0.2) is 4.57 Å². The van der Waals surface area contributed by atoms with Gasteiger partial charge in [-0.15, -0.1) is 0 Å². The van der Waals surface area contributed by atoms with Crippen molar-refractivity contribution in [3.63, 3.8) is 0 Å². The molecule has 0 bridgehead atoms. The lowest BCUT2D eigenvalue weighted by molar-refractivity contribution is -0.659. The monoisotopic (exact) mass is 416 g/mol. The van der Waals surface area contributed by atoms with E-state index in [9.17, 15) is 13.2 Å². The highest BCUT2D eigenvalue weighted by Gasteiger charge is 2.47. The number of rotatable bonds is 4. The molecular weight excluding hydrogens is 375 g/mol. The third-order valence-corrected chi connectivity index (χ3v) is 6.89. The number of aromatic nitrogens is 1. The van der Waals surface area contributed by atoms with Gasteiger partial charge in [-0.3, -0.25) is 0 Å². The molecule has 0 saturated carbocycles. The van der Waals surface area contributed by atoms with Gasteiger partial charge < -0.3 is 0 Å². The molecule has 1 nitrogen and oxygen atoms in total. The Hall–Kier alpha value is -1.62. The van der Waals surface area contributed by atoms with Crippen LogP contribution in [0.1, 0.15) is 47.1 Å². The van der Waals surface area contributed by atoms with Crippen molar-refractivity contribution in [1.82, 2.24) is 0 Å². The number of pyridine rings is 1. The fourth-order valence-corrected chi connectivity index (χ4v) is 4.47. The summed E-state index contributed by atoms with van der Waals surface area (Å²) in [6, 6.07) is 3.81. The molecule has 0 atom stereocenters. The lowest BCUT2D eigenvalue weighted by Crippen LogP contribution is -2.46. The van der Waals surface area contributed by atoms with Crippen molar-refractivity contribution in [1.29, 1.82) is 0 Å². The molecule has 0 N–H and O–H groups in total. The SMILES string of the molecule is [2H]C([2H])([2H])c1cc(-c2cc(C([2H])([2H])[2H])c([Si](C)(C)C)c[n+]2C)c(C)cc1C([2H])([2H])C(C)(C)C(F)(F)F. The van der Waals surface area contributed by atoms with Gasteiger partial charge in [0.15, 0.2) is 6.20 Å². The van der Waals surface area contributed by atoms with Crippen molar-refractivity contribution in [2.75, 3.05) is 0 Å². The van der Waals surface area contributed by atoms with Crippen LogP contribution in [0.2, 0.25) is 19.6 Å². The molecule has 0 spiro atoms. The van der Waals surface area contributed by atoms with Gasteiger partial charge in [0.05, 0.1) is 13.5 Å². The first kappa shape index (κ1) is 13.6. The van der Waals surface area contributed by atoms with Crippen LogP contribution >= 0.6 is 0 Å². The van der Waals surface area contributed by atoms with Crippen molar-refractivity contribution < 1.29 is 28.7 Å². The molecule has 0 aliphatic carbocycles. The highest BCUT2D eigenvalue weighted by atomic mass is 28.3. The first-order chi connectivity index (χ1) is 15.7. The van der Waals surface area contributed by atoms with Crippen LogP contribution in [0, 0.1) is 26.0 Å². The smallest absolute Gasteiger partial charge is 0.201 e. The maximum absolute atomic E-state index is 13.8. The maximum Gasteiger partial charge on any atom is 0.394 e. The Morgan fingerprint density at radius 1 is 1.04 bits per heavy atom. The zero-order valence-electron chi connectivity index (χ0n) is 25.4. The van der Waals surface area contributed by atoms with Gasteiger partial charge in [0.25, 0.3) is 0 Å². The summed E-state index contributed by atoms with van der Waals surface area (Å²) in [5, 5.41) is 0.710. The van der Waals surface area contributed by atoms with Gasteiger partial charge in [0.1, 0.15) is 7.05 Å². The van der Waals surface area contributed by atoms with Crippen molar-refractivity contribution in [3.8, 4) is 11.3 Å². The first-order valence-electron chi connectivity index (χ1n) is 13.0. The van der Waals surface area contributed by atoms with Crippen LogP contribution in [0.3, 0.4) is 0 Å². The van der Waals surface area contributed by atoms with E-state index in [1.165, 1.54) is 12.1 Å². The maximum atomic E-state index is 13.8. The second-order valence-corrected chi connectivity index (χ2v) is 13.8. The summed E-state index contributed by atoms with van der Waals surface area (Å²) in [4.78, 5) is 0. The Balaban J connectivity index is 2.97. The Labute approximate surface area is 179 Å². The van der Waals surface area contributed by atoms with Crippen LogP contribution in [0.25, 0.3) is 11.3 Å². The van der Waals surface area contributed by atoms with Crippen LogP contribution < -0.4 is 9.75 Å². The van der Waals surface area contributed by atoms with Gasteiger partial charge in [0.2, 0.25) is 5.69 Å². The summed E-state index contributed by atoms with van der Waals surface area (Å²) in [5.41, 5.74) is -2.85. The lowest BCUT2D eigenvalue weighted by atomic mass is 9.82. The number of halogens is 3. The number of hydrogen-bond acceptors (Lipinski definition) is 0. The average molecular weight is 417 g/mol. The van der Waals surface area contributed by atoms with E-state index in [0.29, 0.717) is 35.9 Å². The molecule has 1 aromatic heterocycles. The van der Waals surface area contributed by atoms with Gasteiger partial charge in [-0.05, 0) is 55.3 Å². The molecule has 1 aromatic carbocycles. The zero-order valence-corrected chi connectivity index (χ0v) is 18.4. The van der Waals surface area contributed by atoms with Crippen LogP contribution in [-0.2, 0) is 13.4 Å². The second-order valence-electron chi connectivity index (χ2n) is 8.81. The molecule has 154 valence electrons. The molecule has 2 rings (SSSR count). The fraction of sp³-hybridized carbons (Fsp3) is 0.522. The van der Waals surface area contributed by atoms with E-state index in [1.54, 1.807) is 24.7 Å². The van der Waals surface area contributed by atoms with Crippen LogP contribution in [0.5, 0.6) is 0 Å². The molecule has 2 aromatic rings. The highest BCUT2D eigenvalue weighted by molar-refractivity contribution is 6.88. The van der Waals surface area contributed by atoms with E-state index in [0.717, 1.165) is 6.07 Å². The Kier molecular flexibility index (Phi) is 3.55. The number of hydrogen-bond donors (Lipinski definition) is 0. The summed E-state index contributed by atoms with van der Waals surface area (Å²) in [6.45, 7) is 3.62. The molecule has 0 aliphatic rings. The lowest BCUT2D eigenvalue weighted by Gasteiger charge is -2.28. The number of nitrogens with zero attached hydrogens (tertiary/aromatic N) is 1. The van der Waals surface area contributed by atoms with Crippen LogP contribution in [-0.4, -0.2) is 14.3 Å². The molecule has 0 amide bonds. The quantitative estimate of drug-likeness (QED) is 0.439. The topological polar surface area (TPSA) is 3.88 Å². The Bertz CT molecular complexity index is 1160. The fourth-order valence-electron chi connectivity index (χ4n) is 3.01. The van der Waals surface area contributed by atoms with Gasteiger partial charge in [-0.1, -0.05) is 39.6 Å². The van der Waals surface area contributed by atoms with Crippen molar-refractivity contribution in [2.45, 2.75) is 66.7 Å². The third kappa shape index (κ3) is 4.51. The number of alkyl halides is 3. The normalized spacial score (nSPS) is 18.8.